The van der Waals surface area contributed by atoms with Crippen LogP contribution in [-0.4, -0.2) is 42.0 Å². The highest BCUT2D eigenvalue weighted by Crippen LogP contribution is 2.31. The molecule has 2 heterocycles. The third-order valence-corrected chi connectivity index (χ3v) is 4.60. The summed E-state index contributed by atoms with van der Waals surface area (Å²) in [6, 6.07) is 6.28. The maximum absolute atomic E-state index is 12.6. The Kier molecular flexibility index (Phi) is 4.51. The van der Waals surface area contributed by atoms with Crippen LogP contribution in [0.4, 0.5) is 5.69 Å². The van der Waals surface area contributed by atoms with E-state index in [2.05, 4.69) is 48.9 Å². The molecule has 1 aliphatic heterocycles. The first kappa shape index (κ1) is 15.8. The van der Waals surface area contributed by atoms with Crippen LogP contribution < -0.4 is 4.90 Å². The van der Waals surface area contributed by atoms with Gasteiger partial charge in [0.05, 0.1) is 17.7 Å². The van der Waals surface area contributed by atoms with Crippen LogP contribution in [0.15, 0.2) is 24.4 Å². The summed E-state index contributed by atoms with van der Waals surface area (Å²) >= 11 is 0. The molecule has 0 saturated carbocycles. The van der Waals surface area contributed by atoms with Gasteiger partial charge in [0.2, 0.25) is 5.91 Å². The van der Waals surface area contributed by atoms with E-state index in [0.29, 0.717) is 6.54 Å². The Morgan fingerprint density at radius 1 is 1.17 bits per heavy atom. The minimum atomic E-state index is 0.237. The van der Waals surface area contributed by atoms with Crippen LogP contribution in [0.3, 0.4) is 0 Å². The topological polar surface area (TPSA) is 36.4 Å². The standard InChI is InChI=1S/C19H25N3O/c1-4-9-21-10-6-11-22(13-17(21)23)19-15(3)12-20-18-14(2)7-5-8-16(18)19/h5,7-8,12H,4,6,9-11,13H2,1-3H3. The summed E-state index contributed by atoms with van der Waals surface area (Å²) < 4.78 is 0. The molecule has 0 aliphatic carbocycles. The van der Waals surface area contributed by atoms with Crippen molar-refractivity contribution in [1.29, 1.82) is 0 Å². The molecule has 0 unspecified atom stereocenters. The summed E-state index contributed by atoms with van der Waals surface area (Å²) in [6.07, 6.45) is 3.97. The second kappa shape index (κ2) is 6.57. The molecule has 0 radical (unpaired) electrons. The number of benzene rings is 1. The van der Waals surface area contributed by atoms with Gasteiger partial charge in [0.1, 0.15) is 0 Å². The predicted molar refractivity (Wildman–Crippen MR) is 94.9 cm³/mol. The molecular formula is C19H25N3O. The average Bonchev–Trinajstić information content (AvgIpc) is 2.70. The van der Waals surface area contributed by atoms with E-state index in [4.69, 9.17) is 0 Å². The summed E-state index contributed by atoms with van der Waals surface area (Å²) in [7, 11) is 0. The zero-order valence-electron chi connectivity index (χ0n) is 14.3. The van der Waals surface area contributed by atoms with Gasteiger partial charge in [-0.1, -0.05) is 25.1 Å². The van der Waals surface area contributed by atoms with Crippen molar-refractivity contribution in [2.24, 2.45) is 0 Å². The van der Waals surface area contributed by atoms with Crippen molar-refractivity contribution in [3.8, 4) is 0 Å². The summed E-state index contributed by atoms with van der Waals surface area (Å²) in [5, 5.41) is 1.15. The summed E-state index contributed by atoms with van der Waals surface area (Å²) in [4.78, 5) is 21.4. The quantitative estimate of drug-likeness (QED) is 0.872. The molecule has 1 aromatic heterocycles. The zero-order chi connectivity index (χ0) is 16.4. The summed E-state index contributed by atoms with van der Waals surface area (Å²) in [5.41, 5.74) is 4.53. The van der Waals surface area contributed by atoms with E-state index in [-0.39, 0.29) is 5.91 Å². The molecule has 1 saturated heterocycles. The Labute approximate surface area is 138 Å². The van der Waals surface area contributed by atoms with Crippen LogP contribution in [0.25, 0.3) is 10.9 Å². The highest BCUT2D eigenvalue weighted by molar-refractivity contribution is 5.96. The number of anilines is 1. The van der Waals surface area contributed by atoms with Crippen molar-refractivity contribution < 1.29 is 4.79 Å². The minimum Gasteiger partial charge on any atom is -0.361 e. The number of carbonyl (C=O) groups excluding carboxylic acids is 1. The molecule has 2 aromatic rings. The fourth-order valence-corrected chi connectivity index (χ4v) is 3.49. The number of para-hydroxylation sites is 1. The molecule has 3 rings (SSSR count). The smallest absolute Gasteiger partial charge is 0.242 e. The Bertz CT molecular complexity index is 726. The van der Waals surface area contributed by atoms with Crippen LogP contribution in [0, 0.1) is 13.8 Å². The number of pyridine rings is 1. The number of fused-ring (bicyclic) bond motifs is 1. The SMILES string of the molecule is CCCN1CCCN(c2c(C)cnc3c(C)cccc23)CC1=O. The fraction of sp³-hybridized carbons (Fsp3) is 0.474. The zero-order valence-corrected chi connectivity index (χ0v) is 14.3. The lowest BCUT2D eigenvalue weighted by molar-refractivity contribution is -0.129. The molecule has 0 spiro atoms. The predicted octanol–water partition coefficient (Wildman–Crippen LogP) is 3.30. The first-order valence-corrected chi connectivity index (χ1v) is 8.49. The molecule has 0 bridgehead atoms. The van der Waals surface area contributed by atoms with Crippen molar-refractivity contribution in [3.63, 3.8) is 0 Å². The highest BCUT2D eigenvalue weighted by atomic mass is 16.2. The second-order valence-electron chi connectivity index (χ2n) is 6.42. The van der Waals surface area contributed by atoms with Crippen LogP contribution >= 0.6 is 0 Å². The Hall–Kier alpha value is -2.10. The van der Waals surface area contributed by atoms with Crippen molar-refractivity contribution in [2.75, 3.05) is 31.1 Å². The number of hydrogen-bond donors (Lipinski definition) is 0. The third-order valence-electron chi connectivity index (χ3n) is 4.60. The molecule has 4 nitrogen and oxygen atoms in total. The van der Waals surface area contributed by atoms with Gasteiger partial charge in [0.25, 0.3) is 0 Å². The minimum absolute atomic E-state index is 0.237. The van der Waals surface area contributed by atoms with Crippen LogP contribution in [0.5, 0.6) is 0 Å². The van der Waals surface area contributed by atoms with Crippen LogP contribution in [0.1, 0.15) is 30.9 Å². The lowest BCUT2D eigenvalue weighted by Crippen LogP contribution is -2.37. The van der Waals surface area contributed by atoms with Gasteiger partial charge >= 0.3 is 0 Å². The van der Waals surface area contributed by atoms with Crippen LogP contribution in [-0.2, 0) is 4.79 Å². The van der Waals surface area contributed by atoms with Gasteiger partial charge in [-0.2, -0.15) is 0 Å². The van der Waals surface area contributed by atoms with Gasteiger partial charge in [-0.05, 0) is 37.8 Å². The maximum atomic E-state index is 12.6. The molecule has 0 atom stereocenters. The fourth-order valence-electron chi connectivity index (χ4n) is 3.49. The van der Waals surface area contributed by atoms with Crippen molar-refractivity contribution >= 4 is 22.5 Å². The molecule has 0 N–H and O–H groups in total. The summed E-state index contributed by atoms with van der Waals surface area (Å²) in [5.74, 6) is 0.237. The number of amides is 1. The molecule has 4 heteroatoms. The van der Waals surface area contributed by atoms with E-state index in [9.17, 15) is 4.79 Å². The van der Waals surface area contributed by atoms with E-state index < -0.39 is 0 Å². The number of carbonyl (C=O) groups is 1. The van der Waals surface area contributed by atoms with E-state index in [1.807, 2.05) is 11.1 Å². The molecular weight excluding hydrogens is 286 g/mol. The first-order valence-electron chi connectivity index (χ1n) is 8.49. The van der Waals surface area contributed by atoms with Crippen LogP contribution in [0.2, 0.25) is 0 Å². The Morgan fingerprint density at radius 3 is 2.78 bits per heavy atom. The number of nitrogens with zero attached hydrogens (tertiary/aromatic N) is 3. The van der Waals surface area contributed by atoms with Gasteiger partial charge in [0, 0.05) is 31.2 Å². The first-order chi connectivity index (χ1) is 11.1. The van der Waals surface area contributed by atoms with E-state index in [0.717, 1.165) is 48.9 Å². The van der Waals surface area contributed by atoms with E-state index in [1.165, 1.54) is 11.3 Å². The lowest BCUT2D eigenvalue weighted by atomic mass is 10.1. The summed E-state index contributed by atoms with van der Waals surface area (Å²) in [6.45, 7) is 9.41. The van der Waals surface area contributed by atoms with E-state index in [1.54, 1.807) is 0 Å². The molecule has 1 aromatic carbocycles. The molecule has 1 amide bonds. The number of aromatic nitrogens is 1. The number of hydrogen-bond acceptors (Lipinski definition) is 3. The largest absolute Gasteiger partial charge is 0.361 e. The van der Waals surface area contributed by atoms with Gasteiger partial charge in [-0.25, -0.2) is 0 Å². The van der Waals surface area contributed by atoms with Crippen molar-refractivity contribution in [1.82, 2.24) is 9.88 Å². The molecule has 122 valence electrons. The Morgan fingerprint density at radius 2 is 2.00 bits per heavy atom. The molecule has 1 fully saturated rings. The normalized spacial score (nSPS) is 16.0. The van der Waals surface area contributed by atoms with Gasteiger partial charge in [-0.15, -0.1) is 0 Å². The average molecular weight is 311 g/mol. The van der Waals surface area contributed by atoms with Gasteiger partial charge < -0.3 is 9.80 Å². The van der Waals surface area contributed by atoms with E-state index >= 15 is 0 Å². The van der Waals surface area contributed by atoms with Crippen molar-refractivity contribution in [2.45, 2.75) is 33.6 Å². The molecule has 23 heavy (non-hydrogen) atoms. The maximum Gasteiger partial charge on any atom is 0.242 e. The highest BCUT2D eigenvalue weighted by Gasteiger charge is 2.23. The lowest BCUT2D eigenvalue weighted by Gasteiger charge is -2.26. The third kappa shape index (κ3) is 3.03. The van der Waals surface area contributed by atoms with Gasteiger partial charge in [-0.3, -0.25) is 9.78 Å². The molecule has 1 aliphatic rings. The van der Waals surface area contributed by atoms with Crippen molar-refractivity contribution in [3.05, 3.63) is 35.5 Å². The number of aryl methyl sites for hydroxylation is 2. The number of rotatable bonds is 3. The Balaban J connectivity index is 2.01. The second-order valence-corrected chi connectivity index (χ2v) is 6.42. The monoisotopic (exact) mass is 311 g/mol. The van der Waals surface area contributed by atoms with Gasteiger partial charge in [0.15, 0.2) is 0 Å².